The van der Waals surface area contributed by atoms with Crippen LogP contribution in [0.1, 0.15) is 18.4 Å². The first kappa shape index (κ1) is 21.3. The maximum absolute atomic E-state index is 13.5. The minimum atomic E-state index is -4.01. The fourth-order valence-corrected chi connectivity index (χ4v) is 5.54. The summed E-state index contributed by atoms with van der Waals surface area (Å²) in [5, 5.41) is 11.1. The maximum atomic E-state index is 13.5. The Balaban J connectivity index is 1.46. The molecule has 31 heavy (non-hydrogen) atoms. The fourth-order valence-electron chi connectivity index (χ4n) is 4.06. The molecule has 0 spiro atoms. The number of anilines is 1. The SMILES string of the molecule is O=C(C1CCN(S(=O)(=O)c2ccc(F)c(F)c2)CC1)N1CCc2ccc([N+](=O)[O-])cc21. The lowest BCUT2D eigenvalue weighted by Gasteiger charge is -2.32. The number of benzene rings is 2. The highest BCUT2D eigenvalue weighted by atomic mass is 32.2. The van der Waals surface area contributed by atoms with Gasteiger partial charge in [0.1, 0.15) is 0 Å². The highest BCUT2D eigenvalue weighted by Gasteiger charge is 2.36. The Morgan fingerprint density at radius 3 is 2.39 bits per heavy atom. The molecule has 0 unspecified atom stereocenters. The Labute approximate surface area is 177 Å². The lowest BCUT2D eigenvalue weighted by atomic mass is 9.96. The molecule has 0 saturated carbocycles. The van der Waals surface area contributed by atoms with Gasteiger partial charge >= 0.3 is 0 Å². The van der Waals surface area contributed by atoms with Crippen LogP contribution in [0.5, 0.6) is 0 Å². The van der Waals surface area contributed by atoms with Crippen molar-refractivity contribution in [2.75, 3.05) is 24.5 Å². The van der Waals surface area contributed by atoms with E-state index in [0.29, 0.717) is 24.7 Å². The number of hydrogen-bond donors (Lipinski definition) is 0. The molecule has 2 aliphatic rings. The molecule has 0 bridgehead atoms. The zero-order valence-electron chi connectivity index (χ0n) is 16.3. The zero-order valence-corrected chi connectivity index (χ0v) is 17.1. The number of amides is 1. The Bertz CT molecular complexity index is 1160. The summed E-state index contributed by atoms with van der Waals surface area (Å²) in [4.78, 5) is 24.8. The Morgan fingerprint density at radius 2 is 1.74 bits per heavy atom. The molecular formula is C20H19F2N3O5S. The second kappa shape index (κ2) is 7.97. The third kappa shape index (κ3) is 3.90. The number of fused-ring (bicyclic) bond motifs is 1. The summed E-state index contributed by atoms with van der Waals surface area (Å²) in [6.45, 7) is 0.545. The Morgan fingerprint density at radius 1 is 1.03 bits per heavy atom. The summed E-state index contributed by atoms with van der Waals surface area (Å²) in [6, 6.07) is 6.88. The van der Waals surface area contributed by atoms with Crippen LogP contribution in [0.2, 0.25) is 0 Å². The van der Waals surface area contributed by atoms with E-state index in [2.05, 4.69) is 0 Å². The molecule has 2 aromatic carbocycles. The largest absolute Gasteiger partial charge is 0.311 e. The maximum Gasteiger partial charge on any atom is 0.271 e. The smallest absolute Gasteiger partial charge is 0.271 e. The van der Waals surface area contributed by atoms with Gasteiger partial charge < -0.3 is 4.90 Å². The van der Waals surface area contributed by atoms with Crippen molar-refractivity contribution in [1.29, 1.82) is 0 Å². The van der Waals surface area contributed by atoms with Crippen molar-refractivity contribution in [1.82, 2.24) is 4.31 Å². The van der Waals surface area contributed by atoms with Gasteiger partial charge in [-0.1, -0.05) is 6.07 Å². The van der Waals surface area contributed by atoms with Crippen LogP contribution in [0.15, 0.2) is 41.3 Å². The highest BCUT2D eigenvalue weighted by Crippen LogP contribution is 2.34. The van der Waals surface area contributed by atoms with Crippen LogP contribution < -0.4 is 4.90 Å². The lowest BCUT2D eigenvalue weighted by Crippen LogP contribution is -2.44. The van der Waals surface area contributed by atoms with Gasteiger partial charge in [-0.15, -0.1) is 0 Å². The molecule has 2 aromatic rings. The van der Waals surface area contributed by atoms with E-state index >= 15 is 0 Å². The van der Waals surface area contributed by atoms with Crippen LogP contribution in [-0.2, 0) is 21.2 Å². The molecule has 1 fully saturated rings. The fraction of sp³-hybridized carbons (Fsp3) is 0.350. The van der Waals surface area contributed by atoms with E-state index in [0.717, 1.165) is 22.0 Å². The van der Waals surface area contributed by atoms with E-state index in [-0.39, 0.29) is 42.4 Å². The van der Waals surface area contributed by atoms with E-state index in [4.69, 9.17) is 0 Å². The quantitative estimate of drug-likeness (QED) is 0.526. The number of hydrogen-bond acceptors (Lipinski definition) is 5. The highest BCUT2D eigenvalue weighted by molar-refractivity contribution is 7.89. The molecule has 11 heteroatoms. The van der Waals surface area contributed by atoms with Gasteiger partial charge in [-0.25, -0.2) is 17.2 Å². The Kier molecular flexibility index (Phi) is 5.48. The molecule has 1 amide bonds. The molecule has 0 radical (unpaired) electrons. The van der Waals surface area contributed by atoms with Gasteiger partial charge in [0.15, 0.2) is 11.6 Å². The van der Waals surface area contributed by atoms with Gasteiger partial charge in [-0.05, 0) is 43.0 Å². The minimum Gasteiger partial charge on any atom is -0.311 e. The van der Waals surface area contributed by atoms with Crippen molar-refractivity contribution in [3.8, 4) is 0 Å². The lowest BCUT2D eigenvalue weighted by molar-refractivity contribution is -0.384. The summed E-state index contributed by atoms with van der Waals surface area (Å²) in [7, 11) is -4.01. The van der Waals surface area contributed by atoms with Gasteiger partial charge in [0.2, 0.25) is 15.9 Å². The van der Waals surface area contributed by atoms with Gasteiger partial charge in [-0.2, -0.15) is 4.31 Å². The van der Waals surface area contributed by atoms with Crippen LogP contribution in [0.4, 0.5) is 20.2 Å². The van der Waals surface area contributed by atoms with Crippen molar-refractivity contribution in [3.05, 3.63) is 63.7 Å². The van der Waals surface area contributed by atoms with Crippen molar-refractivity contribution < 1.29 is 26.9 Å². The number of carbonyl (C=O) groups excluding carboxylic acids is 1. The first-order valence-corrected chi connectivity index (χ1v) is 11.2. The first-order chi connectivity index (χ1) is 14.7. The van der Waals surface area contributed by atoms with Gasteiger partial charge in [0.05, 0.1) is 15.5 Å². The van der Waals surface area contributed by atoms with Gasteiger partial charge in [0.25, 0.3) is 5.69 Å². The number of nitro groups is 1. The number of nitro benzene ring substituents is 1. The third-order valence-electron chi connectivity index (χ3n) is 5.77. The van der Waals surface area contributed by atoms with Crippen LogP contribution >= 0.6 is 0 Å². The summed E-state index contributed by atoms with van der Waals surface area (Å²) in [5.74, 6) is -2.99. The molecular weight excluding hydrogens is 432 g/mol. The molecule has 0 aliphatic carbocycles. The minimum absolute atomic E-state index is 0.0629. The predicted octanol–water partition coefficient (Wildman–Crippen LogP) is 2.86. The number of halogens is 2. The molecule has 0 N–H and O–H groups in total. The number of nitrogens with zero attached hydrogens (tertiary/aromatic N) is 3. The summed E-state index contributed by atoms with van der Waals surface area (Å²) in [6.07, 6.45) is 1.13. The summed E-state index contributed by atoms with van der Waals surface area (Å²) in [5.41, 5.74) is 1.29. The number of carbonyl (C=O) groups is 1. The monoisotopic (exact) mass is 451 g/mol. The molecule has 8 nitrogen and oxygen atoms in total. The average molecular weight is 451 g/mol. The molecule has 0 atom stereocenters. The average Bonchev–Trinajstić information content (AvgIpc) is 3.18. The molecule has 4 rings (SSSR count). The normalized spacial score (nSPS) is 17.5. The molecule has 2 aliphatic heterocycles. The number of piperidine rings is 1. The topological polar surface area (TPSA) is 101 Å². The van der Waals surface area contributed by atoms with E-state index < -0.39 is 32.5 Å². The zero-order chi connectivity index (χ0) is 22.3. The number of sulfonamides is 1. The van der Waals surface area contributed by atoms with Gasteiger partial charge in [0, 0.05) is 37.7 Å². The number of non-ortho nitro benzene ring substituents is 1. The summed E-state index contributed by atoms with van der Waals surface area (Å²) < 4.78 is 53.2. The van der Waals surface area contributed by atoms with Crippen LogP contribution in [0.25, 0.3) is 0 Å². The van der Waals surface area contributed by atoms with E-state index in [1.54, 1.807) is 6.07 Å². The standard InChI is InChI=1S/C20H19F2N3O5S/c21-17-4-3-16(12-18(17)22)31(29,30)23-8-5-14(6-9-23)20(26)24-10-7-13-1-2-15(25(27)28)11-19(13)24/h1-4,11-12,14H,5-10H2. The van der Waals surface area contributed by atoms with Crippen LogP contribution in [-0.4, -0.2) is 43.2 Å². The van der Waals surface area contributed by atoms with Crippen molar-refractivity contribution >= 4 is 27.3 Å². The number of rotatable bonds is 4. The van der Waals surface area contributed by atoms with Crippen LogP contribution in [0.3, 0.4) is 0 Å². The summed E-state index contributed by atoms with van der Waals surface area (Å²) >= 11 is 0. The van der Waals surface area contributed by atoms with Crippen molar-refractivity contribution in [3.63, 3.8) is 0 Å². The van der Waals surface area contributed by atoms with Crippen molar-refractivity contribution in [2.24, 2.45) is 5.92 Å². The molecule has 0 aromatic heterocycles. The molecule has 164 valence electrons. The van der Waals surface area contributed by atoms with Crippen LogP contribution in [0, 0.1) is 27.7 Å². The second-order valence-corrected chi connectivity index (χ2v) is 9.50. The molecule has 1 saturated heterocycles. The van der Waals surface area contributed by atoms with E-state index in [9.17, 15) is 32.1 Å². The van der Waals surface area contributed by atoms with E-state index in [1.807, 2.05) is 0 Å². The third-order valence-corrected chi connectivity index (χ3v) is 7.67. The predicted molar refractivity (Wildman–Crippen MR) is 107 cm³/mol. The Hall–Kier alpha value is -2.92. The van der Waals surface area contributed by atoms with Crippen molar-refractivity contribution in [2.45, 2.75) is 24.2 Å². The van der Waals surface area contributed by atoms with Gasteiger partial charge in [-0.3, -0.25) is 14.9 Å². The molecule has 2 heterocycles. The second-order valence-electron chi connectivity index (χ2n) is 7.56. The first-order valence-electron chi connectivity index (χ1n) is 9.72. The van der Waals surface area contributed by atoms with E-state index in [1.165, 1.54) is 17.0 Å².